The van der Waals surface area contributed by atoms with Crippen LogP contribution in [0.1, 0.15) is 0 Å². The Morgan fingerprint density at radius 1 is 1.04 bits per heavy atom. The Balaban J connectivity index is 1.61. The molecule has 0 aliphatic carbocycles. The number of fused-ring (bicyclic) bond motifs is 1. The average Bonchev–Trinajstić information content (AvgIpc) is 3.02. The number of benzene rings is 1. The summed E-state index contributed by atoms with van der Waals surface area (Å²) in [6, 6.07) is 9.09. The summed E-state index contributed by atoms with van der Waals surface area (Å²) in [6.07, 6.45) is 3.18. The molecule has 0 bridgehead atoms. The molecule has 11 heteroatoms. The van der Waals surface area contributed by atoms with Crippen LogP contribution in [0.5, 0.6) is 0 Å². The highest BCUT2D eigenvalue weighted by molar-refractivity contribution is 7.92. The second-order valence-corrected chi connectivity index (χ2v) is 9.00. The molecule has 2 N–H and O–H groups in total. The van der Waals surface area contributed by atoms with E-state index in [-0.39, 0.29) is 11.4 Å². The van der Waals surface area contributed by atoms with E-state index in [1.807, 2.05) is 0 Å². The number of sulfonamides is 2. The lowest BCUT2D eigenvalue weighted by Crippen LogP contribution is -2.31. The second-order valence-electron chi connectivity index (χ2n) is 5.39. The molecule has 138 valence electrons. The first-order chi connectivity index (χ1) is 12.3. The van der Waals surface area contributed by atoms with E-state index in [0.717, 1.165) is 24.3 Å². The number of nitrogens with one attached hydrogen (secondary N) is 2. The SMILES string of the molecule is O=S(=O)(CCNS(=O)(=O)c1ccc(F)cc1)Nc1ccn2nccc2c1. The molecule has 0 aliphatic heterocycles. The normalized spacial score (nSPS) is 12.3. The van der Waals surface area contributed by atoms with Gasteiger partial charge in [0.1, 0.15) is 5.82 Å². The second kappa shape index (κ2) is 7.02. The summed E-state index contributed by atoms with van der Waals surface area (Å²) in [7, 11) is -7.68. The van der Waals surface area contributed by atoms with Gasteiger partial charge in [0.15, 0.2) is 0 Å². The Hall–Kier alpha value is -2.50. The zero-order chi connectivity index (χ0) is 18.8. The zero-order valence-electron chi connectivity index (χ0n) is 13.3. The Morgan fingerprint density at radius 3 is 2.50 bits per heavy atom. The summed E-state index contributed by atoms with van der Waals surface area (Å²) >= 11 is 0. The van der Waals surface area contributed by atoms with Gasteiger partial charge in [-0.1, -0.05) is 0 Å². The average molecular weight is 398 g/mol. The zero-order valence-corrected chi connectivity index (χ0v) is 15.0. The maximum atomic E-state index is 12.9. The van der Waals surface area contributed by atoms with Gasteiger partial charge in [-0.25, -0.2) is 30.5 Å². The fourth-order valence-electron chi connectivity index (χ4n) is 2.22. The maximum Gasteiger partial charge on any atom is 0.240 e. The van der Waals surface area contributed by atoms with Gasteiger partial charge in [0.05, 0.1) is 21.9 Å². The molecule has 1 aromatic carbocycles. The van der Waals surface area contributed by atoms with Gasteiger partial charge in [-0.3, -0.25) is 4.72 Å². The predicted octanol–water partition coefficient (Wildman–Crippen LogP) is 1.19. The molecule has 0 saturated carbocycles. The van der Waals surface area contributed by atoms with Crippen molar-refractivity contribution < 1.29 is 21.2 Å². The van der Waals surface area contributed by atoms with Crippen molar-refractivity contribution in [1.29, 1.82) is 0 Å². The third-order valence-electron chi connectivity index (χ3n) is 3.46. The third-order valence-corrected chi connectivity index (χ3v) is 6.22. The van der Waals surface area contributed by atoms with Gasteiger partial charge in [-0.2, -0.15) is 5.10 Å². The van der Waals surface area contributed by atoms with Crippen LogP contribution in [0, 0.1) is 5.82 Å². The van der Waals surface area contributed by atoms with Crippen molar-refractivity contribution in [1.82, 2.24) is 14.3 Å². The Labute approximate surface area is 149 Å². The van der Waals surface area contributed by atoms with Crippen LogP contribution in [-0.4, -0.2) is 38.7 Å². The van der Waals surface area contributed by atoms with Crippen molar-refractivity contribution in [3.8, 4) is 0 Å². The summed E-state index contributed by atoms with van der Waals surface area (Å²) in [5.74, 6) is -1.02. The molecule has 0 radical (unpaired) electrons. The van der Waals surface area contributed by atoms with Gasteiger partial charge < -0.3 is 0 Å². The molecule has 3 aromatic rings. The first kappa shape index (κ1) is 18.3. The topological polar surface area (TPSA) is 110 Å². The van der Waals surface area contributed by atoms with Crippen LogP contribution >= 0.6 is 0 Å². The highest BCUT2D eigenvalue weighted by Crippen LogP contribution is 2.13. The van der Waals surface area contributed by atoms with Crippen molar-refractivity contribution in [2.45, 2.75) is 4.90 Å². The van der Waals surface area contributed by atoms with Gasteiger partial charge >= 0.3 is 0 Å². The molecule has 0 saturated heterocycles. The van der Waals surface area contributed by atoms with E-state index in [4.69, 9.17) is 0 Å². The van der Waals surface area contributed by atoms with Gasteiger partial charge in [-0.05, 0) is 42.5 Å². The first-order valence-corrected chi connectivity index (χ1v) is 10.6. The fourth-order valence-corrected chi connectivity index (χ4v) is 4.34. The number of pyridine rings is 1. The lowest BCUT2D eigenvalue weighted by atomic mass is 10.4. The van der Waals surface area contributed by atoms with E-state index in [1.54, 1.807) is 35.1 Å². The minimum absolute atomic E-state index is 0.143. The highest BCUT2D eigenvalue weighted by Gasteiger charge is 2.16. The molecular weight excluding hydrogens is 383 g/mol. The van der Waals surface area contributed by atoms with Crippen molar-refractivity contribution in [3.05, 3.63) is 60.7 Å². The van der Waals surface area contributed by atoms with E-state index in [9.17, 15) is 21.2 Å². The van der Waals surface area contributed by atoms with Crippen molar-refractivity contribution in [3.63, 3.8) is 0 Å². The lowest BCUT2D eigenvalue weighted by Gasteiger charge is -2.10. The Morgan fingerprint density at radius 2 is 1.77 bits per heavy atom. The standard InChI is InChI=1S/C15H15FN4O4S2/c16-12-1-3-15(4-2-12)26(23,24)18-8-10-25(21,22)19-13-6-9-20-14(11-13)5-7-17-20/h1-7,9,11,18-19H,8,10H2. The smallest absolute Gasteiger partial charge is 0.240 e. The summed E-state index contributed by atoms with van der Waals surface area (Å²) < 4.78 is 67.3. The number of halogens is 1. The van der Waals surface area contributed by atoms with Gasteiger partial charge in [0.25, 0.3) is 0 Å². The highest BCUT2D eigenvalue weighted by atomic mass is 32.2. The van der Waals surface area contributed by atoms with Crippen LogP contribution in [0.15, 0.2) is 59.8 Å². The summed E-state index contributed by atoms with van der Waals surface area (Å²) in [6.45, 7) is -0.329. The lowest BCUT2D eigenvalue weighted by molar-refractivity contribution is 0.581. The molecule has 3 rings (SSSR count). The molecule has 0 atom stereocenters. The summed E-state index contributed by atoms with van der Waals surface area (Å²) in [4.78, 5) is -0.143. The quantitative estimate of drug-likeness (QED) is 0.621. The number of aromatic nitrogens is 2. The monoisotopic (exact) mass is 398 g/mol. The minimum atomic E-state index is -3.91. The summed E-state index contributed by atoms with van der Waals surface area (Å²) in [5, 5.41) is 4.01. The number of anilines is 1. The summed E-state index contributed by atoms with van der Waals surface area (Å²) in [5.41, 5.74) is 1.06. The molecule has 0 amide bonds. The van der Waals surface area contributed by atoms with Crippen LogP contribution < -0.4 is 9.44 Å². The number of nitrogens with zero attached hydrogens (tertiary/aromatic N) is 2. The van der Waals surface area contributed by atoms with Crippen LogP contribution in [-0.2, 0) is 20.0 Å². The van der Waals surface area contributed by atoms with E-state index < -0.39 is 31.6 Å². The molecule has 0 fully saturated rings. The van der Waals surface area contributed by atoms with Crippen LogP contribution in [0.25, 0.3) is 5.52 Å². The minimum Gasteiger partial charge on any atom is -0.283 e. The third kappa shape index (κ3) is 4.36. The molecule has 26 heavy (non-hydrogen) atoms. The predicted molar refractivity (Wildman–Crippen MR) is 94.2 cm³/mol. The molecule has 2 aromatic heterocycles. The molecular formula is C15H15FN4O4S2. The van der Waals surface area contributed by atoms with Gasteiger partial charge in [-0.15, -0.1) is 0 Å². The maximum absolute atomic E-state index is 12.9. The fraction of sp³-hybridized carbons (Fsp3) is 0.133. The van der Waals surface area contributed by atoms with E-state index in [1.165, 1.54) is 0 Å². The molecule has 0 unspecified atom stereocenters. The number of rotatable bonds is 7. The molecule has 0 aliphatic rings. The van der Waals surface area contributed by atoms with Crippen LogP contribution in [0.4, 0.5) is 10.1 Å². The first-order valence-electron chi connectivity index (χ1n) is 7.44. The molecule has 2 heterocycles. The van der Waals surface area contributed by atoms with Crippen molar-refractivity contribution in [2.24, 2.45) is 0 Å². The van der Waals surface area contributed by atoms with E-state index >= 15 is 0 Å². The van der Waals surface area contributed by atoms with Crippen LogP contribution in [0.2, 0.25) is 0 Å². The van der Waals surface area contributed by atoms with Crippen molar-refractivity contribution in [2.75, 3.05) is 17.0 Å². The van der Waals surface area contributed by atoms with E-state index in [2.05, 4.69) is 14.5 Å². The van der Waals surface area contributed by atoms with Crippen molar-refractivity contribution >= 4 is 31.3 Å². The molecule has 0 spiro atoms. The van der Waals surface area contributed by atoms with Gasteiger partial charge in [0, 0.05) is 18.9 Å². The Kier molecular flexibility index (Phi) is 4.94. The number of hydrogen-bond donors (Lipinski definition) is 2. The largest absolute Gasteiger partial charge is 0.283 e. The Bertz CT molecular complexity index is 1130. The van der Waals surface area contributed by atoms with Crippen LogP contribution in [0.3, 0.4) is 0 Å². The molecule has 8 nitrogen and oxygen atoms in total. The van der Waals surface area contributed by atoms with Gasteiger partial charge in [0.2, 0.25) is 20.0 Å². The number of hydrogen-bond acceptors (Lipinski definition) is 5. The van der Waals surface area contributed by atoms with E-state index in [0.29, 0.717) is 11.2 Å².